The molecule has 4 nitrogen and oxygen atoms in total. The number of rotatable bonds is 7. The highest BCUT2D eigenvalue weighted by atomic mass is 16.5. The smallest absolute Gasteiger partial charge is 0.220 e. The number of benzene rings is 1. The van der Waals surface area contributed by atoms with E-state index in [1.807, 2.05) is 12.1 Å². The van der Waals surface area contributed by atoms with Crippen molar-refractivity contribution in [1.29, 1.82) is 0 Å². The lowest BCUT2D eigenvalue weighted by atomic mass is 10.1. The molecular formula is C16H24N2O2. The van der Waals surface area contributed by atoms with Crippen LogP contribution in [-0.4, -0.2) is 32.1 Å². The minimum atomic E-state index is 0.159. The van der Waals surface area contributed by atoms with Gasteiger partial charge in [-0.05, 0) is 49.9 Å². The summed E-state index contributed by atoms with van der Waals surface area (Å²) in [5.41, 5.74) is 1.25. The fourth-order valence-corrected chi connectivity index (χ4v) is 2.50. The third-order valence-corrected chi connectivity index (χ3v) is 3.74. The van der Waals surface area contributed by atoms with E-state index >= 15 is 0 Å². The van der Waals surface area contributed by atoms with E-state index in [-0.39, 0.29) is 5.91 Å². The van der Waals surface area contributed by atoms with E-state index in [1.54, 1.807) is 7.11 Å². The van der Waals surface area contributed by atoms with Crippen LogP contribution in [0.1, 0.15) is 31.2 Å². The van der Waals surface area contributed by atoms with Crippen LogP contribution in [0.5, 0.6) is 5.75 Å². The molecule has 4 heteroatoms. The molecular weight excluding hydrogens is 252 g/mol. The molecule has 110 valence electrons. The summed E-state index contributed by atoms with van der Waals surface area (Å²) in [4.78, 5) is 11.7. The molecule has 0 bridgehead atoms. The number of methoxy groups -OCH3 is 1. The molecule has 1 aromatic rings. The molecule has 1 aliphatic rings. The molecule has 1 atom stereocenters. The van der Waals surface area contributed by atoms with Crippen LogP contribution in [0.2, 0.25) is 0 Å². The van der Waals surface area contributed by atoms with E-state index in [1.165, 1.54) is 18.4 Å². The van der Waals surface area contributed by atoms with Gasteiger partial charge in [-0.3, -0.25) is 4.79 Å². The van der Waals surface area contributed by atoms with Gasteiger partial charge in [0.15, 0.2) is 0 Å². The number of nitrogens with one attached hydrogen (secondary N) is 2. The fourth-order valence-electron chi connectivity index (χ4n) is 2.50. The Balaban J connectivity index is 1.60. The summed E-state index contributed by atoms with van der Waals surface area (Å²) in [5.74, 6) is 1.03. The topological polar surface area (TPSA) is 50.4 Å². The lowest BCUT2D eigenvalue weighted by Gasteiger charge is -2.11. The van der Waals surface area contributed by atoms with Gasteiger partial charge >= 0.3 is 0 Å². The van der Waals surface area contributed by atoms with E-state index in [0.717, 1.165) is 31.7 Å². The molecule has 1 saturated heterocycles. The Hall–Kier alpha value is -1.55. The Bertz CT molecular complexity index is 411. The molecule has 2 N–H and O–H groups in total. The van der Waals surface area contributed by atoms with Gasteiger partial charge in [0.25, 0.3) is 0 Å². The van der Waals surface area contributed by atoms with Crippen LogP contribution in [0.15, 0.2) is 24.3 Å². The average molecular weight is 276 g/mol. The monoisotopic (exact) mass is 276 g/mol. The van der Waals surface area contributed by atoms with Gasteiger partial charge in [0.2, 0.25) is 5.91 Å². The van der Waals surface area contributed by atoms with Crippen molar-refractivity contribution >= 4 is 5.91 Å². The summed E-state index contributed by atoms with van der Waals surface area (Å²) in [7, 11) is 1.67. The zero-order valence-corrected chi connectivity index (χ0v) is 12.2. The molecule has 1 aromatic carbocycles. The third-order valence-electron chi connectivity index (χ3n) is 3.74. The zero-order valence-electron chi connectivity index (χ0n) is 12.2. The second-order valence-electron chi connectivity index (χ2n) is 5.30. The first-order chi connectivity index (χ1) is 9.78. The van der Waals surface area contributed by atoms with Crippen molar-refractivity contribution in [2.24, 2.45) is 0 Å². The largest absolute Gasteiger partial charge is 0.497 e. The second kappa shape index (κ2) is 7.90. The average Bonchev–Trinajstić information content (AvgIpc) is 2.99. The maximum Gasteiger partial charge on any atom is 0.220 e. The van der Waals surface area contributed by atoms with Crippen molar-refractivity contribution in [3.63, 3.8) is 0 Å². The fraction of sp³-hybridized carbons (Fsp3) is 0.562. The first-order valence-corrected chi connectivity index (χ1v) is 7.41. The van der Waals surface area contributed by atoms with Gasteiger partial charge in [-0.15, -0.1) is 0 Å². The van der Waals surface area contributed by atoms with Gasteiger partial charge in [0.1, 0.15) is 5.75 Å². The number of hydrogen-bond donors (Lipinski definition) is 2. The number of amides is 1. The van der Waals surface area contributed by atoms with Gasteiger partial charge in [-0.1, -0.05) is 12.1 Å². The molecule has 1 fully saturated rings. The molecule has 2 rings (SSSR count). The highest BCUT2D eigenvalue weighted by Gasteiger charge is 2.14. The Labute approximate surface area is 120 Å². The first-order valence-electron chi connectivity index (χ1n) is 7.41. The van der Waals surface area contributed by atoms with Gasteiger partial charge in [-0.2, -0.15) is 0 Å². The maximum absolute atomic E-state index is 11.7. The Morgan fingerprint density at radius 2 is 2.20 bits per heavy atom. The van der Waals surface area contributed by atoms with Crippen LogP contribution in [0, 0.1) is 0 Å². The summed E-state index contributed by atoms with van der Waals surface area (Å²) in [5, 5.41) is 6.39. The summed E-state index contributed by atoms with van der Waals surface area (Å²) in [6, 6.07) is 8.50. The molecule has 1 heterocycles. The zero-order chi connectivity index (χ0) is 14.2. The first kappa shape index (κ1) is 14.9. The van der Waals surface area contributed by atoms with Gasteiger partial charge in [0.05, 0.1) is 7.11 Å². The Morgan fingerprint density at radius 1 is 1.40 bits per heavy atom. The van der Waals surface area contributed by atoms with Crippen LogP contribution < -0.4 is 15.4 Å². The molecule has 0 spiro atoms. The predicted octanol–water partition coefficient (Wildman–Crippen LogP) is 1.89. The van der Waals surface area contributed by atoms with Crippen LogP contribution in [0.3, 0.4) is 0 Å². The molecule has 1 unspecified atom stereocenters. The number of ether oxygens (including phenoxy) is 1. The summed E-state index contributed by atoms with van der Waals surface area (Å²) >= 11 is 0. The van der Waals surface area contributed by atoms with E-state index in [9.17, 15) is 4.79 Å². The Kier molecular flexibility index (Phi) is 5.87. The number of carbonyl (C=O) groups excluding carboxylic acids is 1. The predicted molar refractivity (Wildman–Crippen MR) is 80.0 cm³/mol. The van der Waals surface area contributed by atoms with E-state index < -0.39 is 0 Å². The quantitative estimate of drug-likeness (QED) is 0.799. The van der Waals surface area contributed by atoms with Gasteiger partial charge < -0.3 is 15.4 Å². The van der Waals surface area contributed by atoms with Crippen molar-refractivity contribution in [3.05, 3.63) is 29.8 Å². The molecule has 0 radical (unpaired) electrons. The number of aryl methyl sites for hydroxylation is 1. The minimum Gasteiger partial charge on any atom is -0.497 e. The second-order valence-corrected chi connectivity index (χ2v) is 5.30. The van der Waals surface area contributed by atoms with Crippen LogP contribution >= 0.6 is 0 Å². The van der Waals surface area contributed by atoms with E-state index in [0.29, 0.717) is 12.5 Å². The SMILES string of the molecule is COc1ccc(CCCC(=O)NCC2CCCN2)cc1. The maximum atomic E-state index is 11.7. The standard InChI is InChI=1S/C16H24N2O2/c1-20-15-9-7-13(8-10-15)4-2-6-16(19)18-12-14-5-3-11-17-14/h7-10,14,17H,2-6,11-12H2,1H3,(H,18,19). The van der Waals surface area contributed by atoms with Crippen molar-refractivity contribution in [1.82, 2.24) is 10.6 Å². The van der Waals surface area contributed by atoms with Crippen molar-refractivity contribution in [2.45, 2.75) is 38.1 Å². The van der Waals surface area contributed by atoms with Crippen molar-refractivity contribution in [3.8, 4) is 5.75 Å². The van der Waals surface area contributed by atoms with Gasteiger partial charge in [0, 0.05) is 19.0 Å². The van der Waals surface area contributed by atoms with Crippen LogP contribution in [0.4, 0.5) is 0 Å². The normalized spacial score (nSPS) is 17.9. The minimum absolute atomic E-state index is 0.159. The number of carbonyl (C=O) groups is 1. The molecule has 0 aliphatic carbocycles. The summed E-state index contributed by atoms with van der Waals surface area (Å²) in [6.45, 7) is 1.85. The number of hydrogen-bond acceptors (Lipinski definition) is 3. The highest BCUT2D eigenvalue weighted by Crippen LogP contribution is 2.13. The lowest BCUT2D eigenvalue weighted by Crippen LogP contribution is -2.37. The molecule has 0 aromatic heterocycles. The molecule has 0 saturated carbocycles. The van der Waals surface area contributed by atoms with Crippen LogP contribution in [-0.2, 0) is 11.2 Å². The molecule has 1 aliphatic heterocycles. The van der Waals surface area contributed by atoms with Crippen molar-refractivity contribution < 1.29 is 9.53 Å². The van der Waals surface area contributed by atoms with Crippen molar-refractivity contribution in [2.75, 3.05) is 20.2 Å². The summed E-state index contributed by atoms with van der Waals surface area (Å²) in [6.07, 6.45) is 4.80. The Morgan fingerprint density at radius 3 is 2.85 bits per heavy atom. The molecule has 1 amide bonds. The van der Waals surface area contributed by atoms with Gasteiger partial charge in [-0.25, -0.2) is 0 Å². The lowest BCUT2D eigenvalue weighted by molar-refractivity contribution is -0.121. The summed E-state index contributed by atoms with van der Waals surface area (Å²) < 4.78 is 5.12. The van der Waals surface area contributed by atoms with E-state index in [4.69, 9.17) is 4.74 Å². The molecule has 20 heavy (non-hydrogen) atoms. The third kappa shape index (κ3) is 4.85. The van der Waals surface area contributed by atoms with E-state index in [2.05, 4.69) is 22.8 Å². The van der Waals surface area contributed by atoms with Crippen LogP contribution in [0.25, 0.3) is 0 Å². The highest BCUT2D eigenvalue weighted by molar-refractivity contribution is 5.75.